The Hall–Kier alpha value is -5.72. The molecule has 8 aromatic rings. The molecule has 0 saturated heterocycles. The summed E-state index contributed by atoms with van der Waals surface area (Å²) < 4.78 is 0. The van der Waals surface area contributed by atoms with Crippen LogP contribution >= 0.6 is 0 Å². The molecular formula is C45H32. The third-order valence-corrected chi connectivity index (χ3v) is 9.20. The van der Waals surface area contributed by atoms with Gasteiger partial charge in [-0.2, -0.15) is 0 Å². The van der Waals surface area contributed by atoms with Crippen molar-refractivity contribution in [3.63, 3.8) is 0 Å². The predicted octanol–water partition coefficient (Wildman–Crippen LogP) is 12.9. The maximum atomic E-state index is 4.12. The number of hydrogen-bond donors (Lipinski definition) is 0. The van der Waals surface area contributed by atoms with Gasteiger partial charge in [0.25, 0.3) is 0 Å². The fraction of sp³-hybridized carbons (Fsp3) is 0.0222. The molecule has 0 saturated carbocycles. The van der Waals surface area contributed by atoms with Crippen LogP contribution in [-0.2, 0) is 0 Å². The van der Waals surface area contributed by atoms with Gasteiger partial charge in [0.1, 0.15) is 0 Å². The van der Waals surface area contributed by atoms with Gasteiger partial charge in [-0.1, -0.05) is 158 Å². The van der Waals surface area contributed by atoms with Gasteiger partial charge in [0.2, 0.25) is 0 Å². The predicted molar refractivity (Wildman–Crippen MR) is 197 cm³/mol. The Morgan fingerprint density at radius 3 is 1.60 bits per heavy atom. The van der Waals surface area contributed by atoms with E-state index in [2.05, 4.69) is 171 Å². The lowest BCUT2D eigenvalue weighted by atomic mass is 9.83. The Morgan fingerprint density at radius 2 is 0.978 bits per heavy atom. The third kappa shape index (κ3) is 4.38. The van der Waals surface area contributed by atoms with Crippen molar-refractivity contribution in [1.82, 2.24) is 0 Å². The van der Waals surface area contributed by atoms with Crippen LogP contribution in [0.5, 0.6) is 0 Å². The second-order valence-electron chi connectivity index (χ2n) is 11.6. The molecule has 0 heteroatoms. The van der Waals surface area contributed by atoms with Crippen molar-refractivity contribution in [2.45, 2.75) is 6.92 Å². The summed E-state index contributed by atoms with van der Waals surface area (Å²) in [5.74, 6) is 0. The molecule has 8 rings (SSSR count). The summed E-state index contributed by atoms with van der Waals surface area (Å²) in [6.07, 6.45) is 4.09. The smallest absolute Gasteiger partial charge is 0.00199 e. The van der Waals surface area contributed by atoms with E-state index in [9.17, 15) is 0 Å². The second-order valence-corrected chi connectivity index (χ2v) is 11.6. The molecule has 0 N–H and O–H groups in total. The number of benzene rings is 8. The van der Waals surface area contributed by atoms with E-state index in [0.717, 1.165) is 5.57 Å². The SMILES string of the molecule is C=C/C(=C\C)c1ccc(-c2c3ccccc3c(-c3cc4ccccc4c4ccccc34)c3ccccc23)cc1-c1ccccc1. The van der Waals surface area contributed by atoms with Gasteiger partial charge < -0.3 is 0 Å². The van der Waals surface area contributed by atoms with Crippen LogP contribution in [0.1, 0.15) is 12.5 Å². The van der Waals surface area contributed by atoms with E-state index in [1.165, 1.54) is 82.0 Å². The van der Waals surface area contributed by atoms with Crippen molar-refractivity contribution in [3.8, 4) is 33.4 Å². The first-order valence-electron chi connectivity index (χ1n) is 15.6. The lowest BCUT2D eigenvalue weighted by molar-refractivity contribution is 1.55. The average Bonchev–Trinajstić information content (AvgIpc) is 3.11. The summed E-state index contributed by atoms with van der Waals surface area (Å²) in [6.45, 7) is 6.20. The summed E-state index contributed by atoms with van der Waals surface area (Å²) in [7, 11) is 0. The summed E-state index contributed by atoms with van der Waals surface area (Å²) in [4.78, 5) is 0. The molecule has 0 radical (unpaired) electrons. The highest BCUT2D eigenvalue weighted by molar-refractivity contribution is 6.25. The van der Waals surface area contributed by atoms with E-state index in [-0.39, 0.29) is 0 Å². The van der Waals surface area contributed by atoms with Crippen LogP contribution in [0.25, 0.3) is 82.0 Å². The normalized spacial score (nSPS) is 11.9. The van der Waals surface area contributed by atoms with E-state index in [4.69, 9.17) is 0 Å². The minimum Gasteiger partial charge on any atom is -0.0985 e. The molecule has 0 aromatic heterocycles. The number of rotatable bonds is 5. The molecule has 0 unspecified atom stereocenters. The first-order chi connectivity index (χ1) is 22.3. The largest absolute Gasteiger partial charge is 0.0985 e. The lowest BCUT2D eigenvalue weighted by Crippen LogP contribution is -1.94. The Balaban J connectivity index is 1.49. The van der Waals surface area contributed by atoms with Gasteiger partial charge in [-0.15, -0.1) is 0 Å². The molecule has 0 aliphatic carbocycles. The first-order valence-corrected chi connectivity index (χ1v) is 15.6. The summed E-state index contributed by atoms with van der Waals surface area (Å²) in [6, 6.07) is 55.5. The van der Waals surface area contributed by atoms with Crippen LogP contribution in [0.3, 0.4) is 0 Å². The highest BCUT2D eigenvalue weighted by atomic mass is 14.2. The average molecular weight is 573 g/mol. The molecule has 0 spiro atoms. The van der Waals surface area contributed by atoms with Crippen LogP contribution in [-0.4, -0.2) is 0 Å². The fourth-order valence-electron chi connectivity index (χ4n) is 7.18. The summed E-state index contributed by atoms with van der Waals surface area (Å²) >= 11 is 0. The minimum atomic E-state index is 1.13. The highest BCUT2D eigenvalue weighted by Crippen LogP contribution is 2.47. The molecule has 0 atom stereocenters. The van der Waals surface area contributed by atoms with Gasteiger partial charge in [-0.05, 0) is 107 Å². The summed E-state index contributed by atoms with van der Waals surface area (Å²) in [5, 5.41) is 10.1. The van der Waals surface area contributed by atoms with Gasteiger partial charge in [0.15, 0.2) is 0 Å². The third-order valence-electron chi connectivity index (χ3n) is 9.20. The van der Waals surface area contributed by atoms with Crippen molar-refractivity contribution in [2.24, 2.45) is 0 Å². The Kier molecular flexibility index (Phi) is 6.62. The van der Waals surface area contributed by atoms with E-state index < -0.39 is 0 Å². The van der Waals surface area contributed by atoms with Crippen LogP contribution in [0, 0.1) is 0 Å². The molecule has 0 nitrogen and oxygen atoms in total. The van der Waals surface area contributed by atoms with E-state index >= 15 is 0 Å². The molecular weight excluding hydrogens is 540 g/mol. The molecule has 0 fully saturated rings. The van der Waals surface area contributed by atoms with Crippen LogP contribution in [0.4, 0.5) is 0 Å². The molecule has 0 aliphatic rings. The Bertz CT molecular complexity index is 2380. The molecule has 45 heavy (non-hydrogen) atoms. The minimum absolute atomic E-state index is 1.13. The van der Waals surface area contributed by atoms with Crippen molar-refractivity contribution >= 4 is 48.7 Å². The monoisotopic (exact) mass is 572 g/mol. The molecule has 212 valence electrons. The van der Waals surface area contributed by atoms with Crippen molar-refractivity contribution < 1.29 is 0 Å². The maximum Gasteiger partial charge on any atom is -0.00199 e. The zero-order valence-electron chi connectivity index (χ0n) is 25.3. The zero-order valence-corrected chi connectivity index (χ0v) is 25.3. The Labute approximate surface area is 264 Å². The van der Waals surface area contributed by atoms with E-state index in [0.29, 0.717) is 0 Å². The van der Waals surface area contributed by atoms with Crippen molar-refractivity contribution in [3.05, 3.63) is 176 Å². The van der Waals surface area contributed by atoms with Crippen LogP contribution < -0.4 is 0 Å². The van der Waals surface area contributed by atoms with Gasteiger partial charge >= 0.3 is 0 Å². The quantitative estimate of drug-likeness (QED) is 0.109. The van der Waals surface area contributed by atoms with Crippen molar-refractivity contribution in [1.29, 1.82) is 0 Å². The first kappa shape index (κ1) is 26.9. The summed E-state index contributed by atoms with van der Waals surface area (Å²) in [5.41, 5.74) is 9.76. The zero-order chi connectivity index (χ0) is 30.3. The van der Waals surface area contributed by atoms with Gasteiger partial charge in [0, 0.05) is 0 Å². The molecule has 0 amide bonds. The standard InChI is InChI=1S/C45H32/c1-3-30(4-2)35-27-26-33(29-42(35)31-16-6-5-7-17-31)44-38-22-12-14-24-40(38)45(41-25-15-13-23-39(41)44)43-28-32-18-8-9-19-34(32)36-20-10-11-21-37(36)43/h3-29H,1H2,2H3/b30-4+. The Morgan fingerprint density at radius 1 is 0.444 bits per heavy atom. The van der Waals surface area contributed by atoms with Crippen LogP contribution in [0.2, 0.25) is 0 Å². The van der Waals surface area contributed by atoms with Gasteiger partial charge in [-0.25, -0.2) is 0 Å². The number of hydrogen-bond acceptors (Lipinski definition) is 0. The second kappa shape index (κ2) is 11.1. The number of allylic oxidation sites excluding steroid dienone is 3. The topological polar surface area (TPSA) is 0 Å². The highest BCUT2D eigenvalue weighted by Gasteiger charge is 2.20. The van der Waals surface area contributed by atoms with Crippen molar-refractivity contribution in [2.75, 3.05) is 0 Å². The fourth-order valence-corrected chi connectivity index (χ4v) is 7.18. The van der Waals surface area contributed by atoms with Crippen LogP contribution in [0.15, 0.2) is 170 Å². The van der Waals surface area contributed by atoms with E-state index in [1.807, 2.05) is 6.08 Å². The molecule has 0 bridgehead atoms. The molecule has 0 heterocycles. The maximum absolute atomic E-state index is 4.12. The van der Waals surface area contributed by atoms with Gasteiger partial charge in [0.05, 0.1) is 0 Å². The lowest BCUT2D eigenvalue weighted by Gasteiger charge is -2.20. The number of fused-ring (bicyclic) bond motifs is 5. The molecule has 0 aliphatic heterocycles. The van der Waals surface area contributed by atoms with Gasteiger partial charge in [-0.3, -0.25) is 0 Å². The van der Waals surface area contributed by atoms with E-state index in [1.54, 1.807) is 0 Å². The molecule has 8 aromatic carbocycles.